The van der Waals surface area contributed by atoms with Crippen LogP contribution in [0.4, 0.5) is 10.5 Å². The van der Waals surface area contributed by atoms with E-state index in [2.05, 4.69) is 31.4 Å². The van der Waals surface area contributed by atoms with E-state index < -0.39 is 0 Å². The summed E-state index contributed by atoms with van der Waals surface area (Å²) in [6.07, 6.45) is 3.02. The molecule has 1 aliphatic rings. The minimum absolute atomic E-state index is 0.0151. The molecule has 0 aliphatic heterocycles. The van der Waals surface area contributed by atoms with E-state index >= 15 is 0 Å². The molecule has 0 atom stereocenters. The van der Waals surface area contributed by atoms with Gasteiger partial charge in [0.2, 0.25) is 0 Å². The Hall–Kier alpha value is -1.55. The van der Waals surface area contributed by atoms with Crippen molar-refractivity contribution in [2.75, 3.05) is 5.32 Å². The quantitative estimate of drug-likeness (QED) is 0.781. The van der Waals surface area contributed by atoms with Crippen molar-refractivity contribution in [2.24, 2.45) is 0 Å². The van der Waals surface area contributed by atoms with Crippen molar-refractivity contribution < 1.29 is 9.90 Å². The SMILES string of the molecule is CC(C)(C)c1ccccc1NC(=O)NC1CCC(O)CC1. The van der Waals surface area contributed by atoms with Crippen LogP contribution in [0.3, 0.4) is 0 Å². The van der Waals surface area contributed by atoms with Gasteiger partial charge in [-0.15, -0.1) is 0 Å². The first-order chi connectivity index (χ1) is 9.86. The molecule has 0 spiro atoms. The molecule has 0 unspecified atom stereocenters. The fourth-order valence-corrected chi connectivity index (χ4v) is 2.81. The lowest BCUT2D eigenvalue weighted by molar-refractivity contribution is 0.118. The molecule has 1 aromatic carbocycles. The first-order valence-electron chi connectivity index (χ1n) is 7.71. The monoisotopic (exact) mass is 290 g/mol. The van der Waals surface area contributed by atoms with E-state index in [1.54, 1.807) is 0 Å². The van der Waals surface area contributed by atoms with Gasteiger partial charge in [-0.3, -0.25) is 0 Å². The first-order valence-corrected chi connectivity index (χ1v) is 7.71. The largest absolute Gasteiger partial charge is 0.393 e. The summed E-state index contributed by atoms with van der Waals surface area (Å²) in [5, 5.41) is 15.5. The van der Waals surface area contributed by atoms with Gasteiger partial charge >= 0.3 is 6.03 Å². The van der Waals surface area contributed by atoms with Gasteiger partial charge in [0.05, 0.1) is 6.10 Å². The van der Waals surface area contributed by atoms with Gasteiger partial charge in [0, 0.05) is 11.7 Å². The molecule has 1 aromatic rings. The highest BCUT2D eigenvalue weighted by Gasteiger charge is 2.22. The summed E-state index contributed by atoms with van der Waals surface area (Å²) in [4.78, 5) is 12.2. The van der Waals surface area contributed by atoms with Crippen LogP contribution in [-0.2, 0) is 5.41 Å². The molecule has 1 aliphatic carbocycles. The van der Waals surface area contributed by atoms with Crippen molar-refractivity contribution in [1.29, 1.82) is 0 Å². The highest BCUT2D eigenvalue weighted by atomic mass is 16.3. The Morgan fingerprint density at radius 3 is 2.38 bits per heavy atom. The Balaban J connectivity index is 1.97. The number of anilines is 1. The van der Waals surface area contributed by atoms with Crippen LogP contribution in [0, 0.1) is 0 Å². The third-order valence-electron chi connectivity index (χ3n) is 4.02. The van der Waals surface area contributed by atoms with Crippen LogP contribution in [-0.4, -0.2) is 23.3 Å². The number of carbonyl (C=O) groups excluding carboxylic acids is 1. The predicted octanol–water partition coefficient (Wildman–Crippen LogP) is 3.41. The first kappa shape index (κ1) is 15.8. The number of nitrogens with one attached hydrogen (secondary N) is 2. The number of urea groups is 1. The second kappa shape index (κ2) is 6.48. The normalized spacial score (nSPS) is 22.7. The van der Waals surface area contributed by atoms with Crippen LogP contribution < -0.4 is 10.6 Å². The Bertz CT molecular complexity index is 486. The number of hydrogen-bond acceptors (Lipinski definition) is 2. The van der Waals surface area contributed by atoms with Crippen molar-refractivity contribution in [3.05, 3.63) is 29.8 Å². The van der Waals surface area contributed by atoms with Gasteiger partial charge in [0.25, 0.3) is 0 Å². The molecule has 0 radical (unpaired) electrons. The van der Waals surface area contributed by atoms with Crippen LogP contribution in [0.2, 0.25) is 0 Å². The summed E-state index contributed by atoms with van der Waals surface area (Å²) in [6.45, 7) is 6.40. The number of aliphatic hydroxyl groups excluding tert-OH is 1. The topological polar surface area (TPSA) is 61.4 Å². The van der Waals surface area contributed by atoms with Crippen molar-refractivity contribution >= 4 is 11.7 Å². The Labute approximate surface area is 126 Å². The standard InChI is InChI=1S/C17H26N2O2/c1-17(2,3)14-6-4-5-7-15(14)19-16(21)18-12-8-10-13(20)11-9-12/h4-7,12-13,20H,8-11H2,1-3H3,(H2,18,19,21). The second-order valence-corrected chi connectivity index (χ2v) is 6.90. The number of amides is 2. The van der Waals surface area contributed by atoms with Crippen LogP contribution in [0.1, 0.15) is 52.0 Å². The second-order valence-electron chi connectivity index (χ2n) is 6.90. The zero-order valence-electron chi connectivity index (χ0n) is 13.1. The van der Waals surface area contributed by atoms with E-state index in [1.807, 2.05) is 24.3 Å². The Morgan fingerprint density at radius 2 is 1.76 bits per heavy atom. The summed E-state index contributed by atoms with van der Waals surface area (Å²) in [6, 6.07) is 7.91. The average molecular weight is 290 g/mol. The van der Waals surface area contributed by atoms with Gasteiger partial charge in [-0.25, -0.2) is 4.79 Å². The molecule has 0 bridgehead atoms. The maximum absolute atomic E-state index is 12.2. The molecule has 0 saturated heterocycles. The molecule has 21 heavy (non-hydrogen) atoms. The summed E-state index contributed by atoms with van der Waals surface area (Å²) < 4.78 is 0. The van der Waals surface area contributed by atoms with E-state index in [0.717, 1.165) is 36.9 Å². The van der Waals surface area contributed by atoms with Crippen LogP contribution in [0.25, 0.3) is 0 Å². The van der Waals surface area contributed by atoms with Crippen molar-refractivity contribution in [1.82, 2.24) is 5.32 Å². The molecule has 116 valence electrons. The number of hydrogen-bond donors (Lipinski definition) is 3. The van der Waals surface area contributed by atoms with Crippen LogP contribution >= 0.6 is 0 Å². The smallest absolute Gasteiger partial charge is 0.319 e. The lowest BCUT2D eigenvalue weighted by Crippen LogP contribution is -2.41. The molecule has 0 heterocycles. The molecule has 0 aromatic heterocycles. The molecule has 2 rings (SSSR count). The number of rotatable bonds is 2. The maximum atomic E-state index is 12.2. The van der Waals surface area contributed by atoms with E-state index in [4.69, 9.17) is 0 Å². The summed E-state index contributed by atoms with van der Waals surface area (Å²) >= 11 is 0. The van der Waals surface area contributed by atoms with Gasteiger partial charge in [-0.2, -0.15) is 0 Å². The van der Waals surface area contributed by atoms with E-state index in [0.29, 0.717) is 0 Å². The van der Waals surface area contributed by atoms with Crippen LogP contribution in [0.5, 0.6) is 0 Å². The molecule has 4 heteroatoms. The molecule has 1 fully saturated rings. The van der Waals surface area contributed by atoms with Crippen LogP contribution in [0.15, 0.2) is 24.3 Å². The highest BCUT2D eigenvalue weighted by molar-refractivity contribution is 5.90. The summed E-state index contributed by atoms with van der Waals surface area (Å²) in [7, 11) is 0. The van der Waals surface area contributed by atoms with Gasteiger partial charge in [-0.05, 0) is 42.7 Å². The van der Waals surface area contributed by atoms with Crippen molar-refractivity contribution in [2.45, 2.75) is 64.0 Å². The number of carbonyl (C=O) groups is 1. The van der Waals surface area contributed by atoms with E-state index in [1.165, 1.54) is 0 Å². The van der Waals surface area contributed by atoms with Gasteiger partial charge < -0.3 is 15.7 Å². The molecule has 1 saturated carbocycles. The third-order valence-corrected chi connectivity index (χ3v) is 4.02. The fourth-order valence-electron chi connectivity index (χ4n) is 2.81. The summed E-state index contributed by atoms with van der Waals surface area (Å²) in [5.41, 5.74) is 1.97. The maximum Gasteiger partial charge on any atom is 0.319 e. The van der Waals surface area contributed by atoms with Crippen molar-refractivity contribution in [3.63, 3.8) is 0 Å². The summed E-state index contributed by atoms with van der Waals surface area (Å²) in [5.74, 6) is 0. The third kappa shape index (κ3) is 4.46. The lowest BCUT2D eigenvalue weighted by Gasteiger charge is -2.27. The molecular formula is C17H26N2O2. The molecule has 2 amide bonds. The highest BCUT2D eigenvalue weighted by Crippen LogP contribution is 2.29. The average Bonchev–Trinajstić information content (AvgIpc) is 2.41. The zero-order chi connectivity index (χ0) is 15.5. The minimum atomic E-state index is -0.201. The van der Waals surface area contributed by atoms with Gasteiger partial charge in [0.1, 0.15) is 0 Å². The van der Waals surface area contributed by atoms with E-state index in [-0.39, 0.29) is 23.6 Å². The van der Waals surface area contributed by atoms with E-state index in [9.17, 15) is 9.90 Å². The van der Waals surface area contributed by atoms with Crippen molar-refractivity contribution in [3.8, 4) is 0 Å². The van der Waals surface area contributed by atoms with Gasteiger partial charge in [-0.1, -0.05) is 39.0 Å². The molecule has 4 nitrogen and oxygen atoms in total. The predicted molar refractivity (Wildman–Crippen MR) is 85.6 cm³/mol. The van der Waals surface area contributed by atoms with Gasteiger partial charge in [0.15, 0.2) is 0 Å². The Morgan fingerprint density at radius 1 is 1.14 bits per heavy atom. The molecule has 3 N–H and O–H groups in total. The number of para-hydroxylation sites is 1. The Kier molecular flexibility index (Phi) is 4.88. The lowest BCUT2D eigenvalue weighted by atomic mass is 9.86. The molecular weight excluding hydrogens is 264 g/mol. The minimum Gasteiger partial charge on any atom is -0.393 e. The fraction of sp³-hybridized carbons (Fsp3) is 0.588. The number of aliphatic hydroxyl groups is 1. The number of benzene rings is 1. The zero-order valence-corrected chi connectivity index (χ0v) is 13.1.